The fraction of sp³-hybridized carbons (Fsp3) is 0.385. The van der Waals surface area contributed by atoms with E-state index in [4.69, 9.17) is 0 Å². The number of nitrogens with zero attached hydrogens (tertiary/aromatic N) is 3. The van der Waals surface area contributed by atoms with E-state index in [0.29, 0.717) is 6.04 Å². The number of hydrogen-bond donors (Lipinski definition) is 0. The first-order valence-electron chi connectivity index (χ1n) is 5.90. The van der Waals surface area contributed by atoms with Crippen LogP contribution in [0.5, 0.6) is 0 Å². The van der Waals surface area contributed by atoms with Crippen LogP contribution in [0.1, 0.15) is 29.1 Å². The van der Waals surface area contributed by atoms with Crippen LogP contribution < -0.4 is 0 Å². The largest absolute Gasteiger partial charge is 0.291 e. The predicted octanol–water partition coefficient (Wildman–Crippen LogP) is 2.66. The molecule has 0 spiro atoms. The summed E-state index contributed by atoms with van der Waals surface area (Å²) in [4.78, 5) is 12.4. The second-order valence-corrected chi connectivity index (χ2v) is 5.39. The number of hydrogen-bond acceptors (Lipinski definition) is 4. The summed E-state index contributed by atoms with van der Waals surface area (Å²) >= 11 is 1.83. The van der Waals surface area contributed by atoms with Gasteiger partial charge in [0, 0.05) is 47.9 Å². The number of fused-ring (bicyclic) bond motifs is 1. The van der Waals surface area contributed by atoms with Crippen molar-refractivity contribution in [2.75, 3.05) is 6.54 Å². The molecule has 3 heterocycles. The van der Waals surface area contributed by atoms with Gasteiger partial charge in [0.25, 0.3) is 0 Å². The highest BCUT2D eigenvalue weighted by molar-refractivity contribution is 7.10. The molecule has 3 rings (SSSR count). The van der Waals surface area contributed by atoms with Crippen LogP contribution in [-0.2, 0) is 13.0 Å². The molecule has 2 aromatic heterocycles. The maximum Gasteiger partial charge on any atom is 0.115 e. The Morgan fingerprint density at radius 2 is 2.41 bits per heavy atom. The standard InChI is InChI=1S/C13H15N3S/c1-10(13-3-2-6-17-13)16-5-4-12-11(8-16)7-14-9-15-12/h2-3,6-7,9-10H,4-5,8H2,1H3. The molecule has 0 fully saturated rings. The summed E-state index contributed by atoms with van der Waals surface area (Å²) in [5.74, 6) is 0. The Hall–Kier alpha value is -1.26. The molecular weight excluding hydrogens is 230 g/mol. The van der Waals surface area contributed by atoms with Crippen molar-refractivity contribution in [3.63, 3.8) is 0 Å². The van der Waals surface area contributed by atoms with Crippen molar-refractivity contribution in [2.45, 2.75) is 25.9 Å². The van der Waals surface area contributed by atoms with Gasteiger partial charge >= 0.3 is 0 Å². The summed E-state index contributed by atoms with van der Waals surface area (Å²) in [6.07, 6.45) is 4.64. The van der Waals surface area contributed by atoms with E-state index in [1.165, 1.54) is 16.1 Å². The second kappa shape index (κ2) is 4.55. The van der Waals surface area contributed by atoms with Gasteiger partial charge in [-0.25, -0.2) is 9.97 Å². The van der Waals surface area contributed by atoms with E-state index in [1.807, 2.05) is 17.5 Å². The Morgan fingerprint density at radius 1 is 1.47 bits per heavy atom. The van der Waals surface area contributed by atoms with Gasteiger partial charge < -0.3 is 0 Å². The van der Waals surface area contributed by atoms with Gasteiger partial charge in [-0.3, -0.25) is 4.90 Å². The molecule has 17 heavy (non-hydrogen) atoms. The SMILES string of the molecule is CC(c1cccs1)N1CCc2ncncc2C1. The zero-order valence-corrected chi connectivity index (χ0v) is 10.7. The maximum atomic E-state index is 4.34. The monoisotopic (exact) mass is 245 g/mol. The van der Waals surface area contributed by atoms with Gasteiger partial charge in [0.05, 0.1) is 0 Å². The number of aromatic nitrogens is 2. The Morgan fingerprint density at radius 3 is 3.24 bits per heavy atom. The molecule has 1 aliphatic heterocycles. The van der Waals surface area contributed by atoms with Gasteiger partial charge in [-0.05, 0) is 18.4 Å². The van der Waals surface area contributed by atoms with Crippen molar-refractivity contribution in [3.8, 4) is 0 Å². The van der Waals surface area contributed by atoms with E-state index in [2.05, 4.69) is 39.3 Å². The second-order valence-electron chi connectivity index (χ2n) is 4.41. The molecule has 0 saturated heterocycles. The molecule has 3 nitrogen and oxygen atoms in total. The van der Waals surface area contributed by atoms with Crippen molar-refractivity contribution in [1.82, 2.24) is 14.9 Å². The van der Waals surface area contributed by atoms with Crippen LogP contribution in [0.2, 0.25) is 0 Å². The molecule has 1 atom stereocenters. The Bertz CT molecular complexity index is 495. The summed E-state index contributed by atoms with van der Waals surface area (Å²) in [5.41, 5.74) is 2.50. The van der Waals surface area contributed by atoms with Crippen LogP contribution in [0.4, 0.5) is 0 Å². The highest BCUT2D eigenvalue weighted by Crippen LogP contribution is 2.28. The molecule has 0 saturated carbocycles. The predicted molar refractivity (Wildman–Crippen MR) is 68.9 cm³/mol. The molecule has 0 N–H and O–H groups in total. The first-order valence-corrected chi connectivity index (χ1v) is 6.78. The Balaban J connectivity index is 1.80. The highest BCUT2D eigenvalue weighted by Gasteiger charge is 2.22. The minimum atomic E-state index is 0.489. The Kier molecular flexibility index (Phi) is 2.91. The van der Waals surface area contributed by atoms with E-state index in [-0.39, 0.29) is 0 Å². The third kappa shape index (κ3) is 2.10. The molecule has 0 aliphatic carbocycles. The first kappa shape index (κ1) is 10.9. The maximum absolute atomic E-state index is 4.34. The van der Waals surface area contributed by atoms with Crippen molar-refractivity contribution < 1.29 is 0 Å². The number of rotatable bonds is 2. The minimum Gasteiger partial charge on any atom is -0.291 e. The van der Waals surface area contributed by atoms with E-state index in [9.17, 15) is 0 Å². The molecule has 0 bridgehead atoms. The van der Waals surface area contributed by atoms with Crippen molar-refractivity contribution in [3.05, 3.63) is 46.2 Å². The van der Waals surface area contributed by atoms with Crippen LogP contribution in [-0.4, -0.2) is 21.4 Å². The zero-order valence-electron chi connectivity index (χ0n) is 9.84. The number of thiophene rings is 1. The van der Waals surface area contributed by atoms with Crippen LogP contribution in [0.3, 0.4) is 0 Å². The average Bonchev–Trinajstić information content (AvgIpc) is 2.91. The van der Waals surface area contributed by atoms with Gasteiger partial charge in [-0.1, -0.05) is 6.07 Å². The molecule has 1 unspecified atom stereocenters. The van der Waals surface area contributed by atoms with Gasteiger partial charge in [-0.2, -0.15) is 0 Å². The summed E-state index contributed by atoms with van der Waals surface area (Å²) in [6.45, 7) is 4.33. The van der Waals surface area contributed by atoms with E-state index >= 15 is 0 Å². The molecule has 88 valence electrons. The highest BCUT2D eigenvalue weighted by atomic mass is 32.1. The lowest BCUT2D eigenvalue weighted by Crippen LogP contribution is -2.33. The average molecular weight is 245 g/mol. The Labute approximate surface area is 105 Å². The summed E-state index contributed by atoms with van der Waals surface area (Å²) in [5, 5.41) is 2.15. The van der Waals surface area contributed by atoms with Crippen LogP contribution >= 0.6 is 11.3 Å². The van der Waals surface area contributed by atoms with Crippen molar-refractivity contribution >= 4 is 11.3 Å². The quantitative estimate of drug-likeness (QED) is 0.814. The summed E-state index contributed by atoms with van der Waals surface area (Å²) in [6, 6.07) is 4.83. The normalized spacial score (nSPS) is 17.7. The molecule has 0 aromatic carbocycles. The fourth-order valence-corrected chi connectivity index (χ4v) is 3.15. The zero-order chi connectivity index (χ0) is 11.7. The van der Waals surface area contributed by atoms with Crippen LogP contribution in [0.25, 0.3) is 0 Å². The lowest BCUT2D eigenvalue weighted by atomic mass is 10.1. The minimum absolute atomic E-state index is 0.489. The molecular formula is C13H15N3S. The third-order valence-electron chi connectivity index (χ3n) is 3.39. The van der Waals surface area contributed by atoms with Crippen molar-refractivity contribution in [1.29, 1.82) is 0 Å². The summed E-state index contributed by atoms with van der Waals surface area (Å²) in [7, 11) is 0. The molecule has 2 aromatic rings. The van der Waals surface area contributed by atoms with E-state index < -0.39 is 0 Å². The van der Waals surface area contributed by atoms with Crippen LogP contribution in [0.15, 0.2) is 30.0 Å². The summed E-state index contributed by atoms with van der Waals surface area (Å²) < 4.78 is 0. The van der Waals surface area contributed by atoms with E-state index in [0.717, 1.165) is 19.5 Å². The lowest BCUT2D eigenvalue weighted by Gasteiger charge is -2.32. The van der Waals surface area contributed by atoms with Gasteiger partial charge in [0.15, 0.2) is 0 Å². The van der Waals surface area contributed by atoms with Gasteiger partial charge in [-0.15, -0.1) is 11.3 Å². The topological polar surface area (TPSA) is 29.0 Å². The fourth-order valence-electron chi connectivity index (χ4n) is 2.33. The van der Waals surface area contributed by atoms with Gasteiger partial charge in [0.1, 0.15) is 6.33 Å². The lowest BCUT2D eigenvalue weighted by molar-refractivity contribution is 0.193. The van der Waals surface area contributed by atoms with Gasteiger partial charge in [0.2, 0.25) is 0 Å². The van der Waals surface area contributed by atoms with Crippen molar-refractivity contribution in [2.24, 2.45) is 0 Å². The molecule has 4 heteroatoms. The van der Waals surface area contributed by atoms with E-state index in [1.54, 1.807) is 6.33 Å². The van der Waals surface area contributed by atoms with Crippen LogP contribution in [0, 0.1) is 0 Å². The smallest absolute Gasteiger partial charge is 0.115 e. The third-order valence-corrected chi connectivity index (χ3v) is 4.44. The molecule has 0 amide bonds. The first-order chi connectivity index (χ1) is 8.34. The molecule has 1 aliphatic rings. The molecule has 0 radical (unpaired) electrons.